The summed E-state index contributed by atoms with van der Waals surface area (Å²) in [7, 11) is 0. The van der Waals surface area contributed by atoms with E-state index in [1.54, 1.807) is 6.92 Å². The third-order valence-corrected chi connectivity index (χ3v) is 6.30. The molecule has 1 atom stereocenters. The van der Waals surface area contributed by atoms with Crippen LogP contribution >= 0.6 is 0 Å². The van der Waals surface area contributed by atoms with Gasteiger partial charge in [-0.05, 0) is 90.9 Å². The third-order valence-electron chi connectivity index (χ3n) is 6.30. The van der Waals surface area contributed by atoms with Crippen LogP contribution in [0, 0.1) is 20.8 Å². The molecule has 4 aromatic rings. The fourth-order valence-electron chi connectivity index (χ4n) is 4.33. The fraction of sp³-hybridized carbons (Fsp3) is 0.310. The monoisotopic (exact) mass is 504 g/mol. The standard InChI is InChI=1S/C29H32N2O6/c1-18-14-25(35-13-12-20(3)32)15-19(2)27(18)26-7-5-6-23(21(26)4)17-36-24-10-8-22(9-11-24)16-31-28(33)30-29(34)37-31/h5-11,14-15,20,32H,12-13,16-17H2,1-4H3,(H,30,33,34)/t20-/m0/s1. The van der Waals surface area contributed by atoms with E-state index in [1.165, 1.54) is 5.56 Å². The number of aryl methyl sites for hydroxylation is 2. The molecule has 0 aliphatic rings. The highest BCUT2D eigenvalue weighted by Crippen LogP contribution is 2.34. The maximum atomic E-state index is 11.6. The first kappa shape index (κ1) is 26.0. The van der Waals surface area contributed by atoms with E-state index in [2.05, 4.69) is 37.9 Å². The van der Waals surface area contributed by atoms with Crippen LogP contribution in [0.2, 0.25) is 0 Å². The Morgan fingerprint density at radius 2 is 1.68 bits per heavy atom. The molecule has 194 valence electrons. The van der Waals surface area contributed by atoms with Crippen LogP contribution in [0.25, 0.3) is 11.1 Å². The van der Waals surface area contributed by atoms with E-state index in [9.17, 15) is 14.7 Å². The van der Waals surface area contributed by atoms with Crippen molar-refractivity contribution in [2.45, 2.75) is 53.4 Å². The number of aromatic nitrogens is 2. The Bertz CT molecular complexity index is 1450. The molecule has 8 heteroatoms. The van der Waals surface area contributed by atoms with Crippen molar-refractivity contribution in [2.24, 2.45) is 0 Å². The zero-order valence-electron chi connectivity index (χ0n) is 21.5. The molecule has 8 nitrogen and oxygen atoms in total. The zero-order valence-corrected chi connectivity index (χ0v) is 21.5. The van der Waals surface area contributed by atoms with Crippen LogP contribution in [0.3, 0.4) is 0 Å². The van der Waals surface area contributed by atoms with Gasteiger partial charge in [-0.1, -0.05) is 30.3 Å². The van der Waals surface area contributed by atoms with Crippen molar-refractivity contribution < 1.29 is 19.1 Å². The zero-order chi connectivity index (χ0) is 26.5. The first-order valence-corrected chi connectivity index (χ1v) is 12.2. The summed E-state index contributed by atoms with van der Waals surface area (Å²) >= 11 is 0. The van der Waals surface area contributed by atoms with Crippen LogP contribution in [-0.2, 0) is 13.2 Å². The number of benzene rings is 3. The molecule has 0 unspecified atom stereocenters. The van der Waals surface area contributed by atoms with Gasteiger partial charge < -0.3 is 19.1 Å². The molecule has 0 bridgehead atoms. The average molecular weight is 505 g/mol. The molecule has 0 fully saturated rings. The Balaban J connectivity index is 1.46. The van der Waals surface area contributed by atoms with E-state index in [-0.39, 0.29) is 12.6 Å². The van der Waals surface area contributed by atoms with Crippen LogP contribution in [0.4, 0.5) is 0 Å². The van der Waals surface area contributed by atoms with Crippen LogP contribution < -0.4 is 20.9 Å². The molecule has 0 aliphatic carbocycles. The van der Waals surface area contributed by atoms with Gasteiger partial charge in [0.1, 0.15) is 18.1 Å². The number of hydrogen-bond acceptors (Lipinski definition) is 6. The van der Waals surface area contributed by atoms with Crippen molar-refractivity contribution in [3.63, 3.8) is 0 Å². The summed E-state index contributed by atoms with van der Waals surface area (Å²) in [6, 6.07) is 17.6. The lowest BCUT2D eigenvalue weighted by Gasteiger charge is -2.18. The highest BCUT2D eigenvalue weighted by Gasteiger charge is 2.13. The molecule has 0 aliphatic heterocycles. The first-order chi connectivity index (χ1) is 17.7. The number of aliphatic hydroxyl groups is 1. The van der Waals surface area contributed by atoms with Gasteiger partial charge in [-0.3, -0.25) is 0 Å². The van der Waals surface area contributed by atoms with Gasteiger partial charge in [0.05, 0.1) is 19.3 Å². The SMILES string of the molecule is Cc1cc(OCC[C@H](C)O)cc(C)c1-c1cccc(COc2ccc(Cn3oc(=O)[nH]c3=O)cc2)c1C. The topological polar surface area (TPSA) is 107 Å². The van der Waals surface area contributed by atoms with Crippen molar-refractivity contribution in [1.82, 2.24) is 9.72 Å². The van der Waals surface area contributed by atoms with Crippen LogP contribution in [0.5, 0.6) is 11.5 Å². The molecule has 0 amide bonds. The fourth-order valence-corrected chi connectivity index (χ4v) is 4.33. The summed E-state index contributed by atoms with van der Waals surface area (Å²) in [5.41, 5.74) is 7.04. The van der Waals surface area contributed by atoms with Gasteiger partial charge in [0.15, 0.2) is 0 Å². The smallest absolute Gasteiger partial charge is 0.440 e. The number of ether oxygens (including phenoxy) is 2. The van der Waals surface area contributed by atoms with Gasteiger partial charge in [-0.15, -0.1) is 4.74 Å². The molecule has 0 saturated carbocycles. The van der Waals surface area contributed by atoms with E-state index in [0.717, 1.165) is 43.9 Å². The highest BCUT2D eigenvalue weighted by atomic mass is 16.5. The van der Waals surface area contributed by atoms with Gasteiger partial charge in [0.2, 0.25) is 0 Å². The minimum Gasteiger partial charge on any atom is -0.493 e. The Kier molecular flexibility index (Phi) is 7.98. The molecule has 1 aromatic heterocycles. The van der Waals surface area contributed by atoms with E-state index >= 15 is 0 Å². The Hall–Kier alpha value is -4.04. The Morgan fingerprint density at radius 3 is 2.30 bits per heavy atom. The first-order valence-electron chi connectivity index (χ1n) is 12.2. The summed E-state index contributed by atoms with van der Waals surface area (Å²) in [5.74, 6) is 0.732. The minimum atomic E-state index is -0.773. The molecule has 4 rings (SSSR count). The van der Waals surface area contributed by atoms with Gasteiger partial charge in [0.25, 0.3) is 0 Å². The van der Waals surface area contributed by atoms with Gasteiger partial charge in [0, 0.05) is 6.42 Å². The second-order valence-electron chi connectivity index (χ2n) is 9.29. The third kappa shape index (κ3) is 6.40. The second kappa shape index (κ2) is 11.3. The maximum Gasteiger partial charge on any atom is 0.440 e. The lowest BCUT2D eigenvalue weighted by molar-refractivity contribution is 0.155. The summed E-state index contributed by atoms with van der Waals surface area (Å²) in [4.78, 5) is 24.8. The molecular weight excluding hydrogens is 472 g/mol. The van der Waals surface area contributed by atoms with Crippen LogP contribution in [0.1, 0.15) is 41.2 Å². The number of aliphatic hydroxyl groups excluding tert-OH is 1. The van der Waals surface area contributed by atoms with Gasteiger partial charge >= 0.3 is 11.4 Å². The van der Waals surface area contributed by atoms with Crippen molar-refractivity contribution in [3.05, 3.63) is 103 Å². The predicted molar refractivity (Wildman–Crippen MR) is 141 cm³/mol. The number of rotatable bonds is 10. The molecule has 0 radical (unpaired) electrons. The van der Waals surface area contributed by atoms with Crippen molar-refractivity contribution in [2.75, 3.05) is 6.61 Å². The molecule has 0 saturated heterocycles. The van der Waals surface area contributed by atoms with E-state index in [0.29, 0.717) is 25.4 Å². The molecule has 3 aromatic carbocycles. The average Bonchev–Trinajstić information content (AvgIpc) is 3.16. The van der Waals surface area contributed by atoms with Crippen molar-refractivity contribution >= 4 is 0 Å². The van der Waals surface area contributed by atoms with Crippen molar-refractivity contribution in [1.29, 1.82) is 0 Å². The number of aromatic amines is 1. The van der Waals surface area contributed by atoms with E-state index in [4.69, 9.17) is 14.0 Å². The largest absolute Gasteiger partial charge is 0.493 e. The molecule has 1 heterocycles. The normalized spacial score (nSPS) is 11.9. The lowest BCUT2D eigenvalue weighted by Crippen LogP contribution is -2.17. The lowest BCUT2D eigenvalue weighted by atomic mass is 9.90. The van der Waals surface area contributed by atoms with Crippen LogP contribution in [-0.4, -0.2) is 27.5 Å². The predicted octanol–water partition coefficient (Wildman–Crippen LogP) is 4.50. The minimum absolute atomic E-state index is 0.155. The summed E-state index contributed by atoms with van der Waals surface area (Å²) in [6.45, 7) is 9.07. The van der Waals surface area contributed by atoms with E-state index in [1.807, 2.05) is 42.5 Å². The maximum absolute atomic E-state index is 11.6. The molecule has 0 spiro atoms. The van der Waals surface area contributed by atoms with Gasteiger partial charge in [-0.25, -0.2) is 14.6 Å². The quantitative estimate of drug-likeness (QED) is 0.329. The van der Waals surface area contributed by atoms with Crippen LogP contribution in [0.15, 0.2) is 68.7 Å². The Labute approximate surface area is 215 Å². The number of H-pyrrole nitrogens is 1. The number of nitrogens with one attached hydrogen (secondary N) is 1. The van der Waals surface area contributed by atoms with E-state index < -0.39 is 11.4 Å². The number of hydrogen-bond donors (Lipinski definition) is 2. The summed E-state index contributed by atoms with van der Waals surface area (Å²) < 4.78 is 17.7. The second-order valence-corrected chi connectivity index (χ2v) is 9.29. The molecular formula is C29H32N2O6. The highest BCUT2D eigenvalue weighted by molar-refractivity contribution is 5.75. The number of nitrogens with zero attached hydrogens (tertiary/aromatic N) is 1. The van der Waals surface area contributed by atoms with Crippen molar-refractivity contribution in [3.8, 4) is 22.6 Å². The Morgan fingerprint density at radius 1 is 0.973 bits per heavy atom. The summed E-state index contributed by atoms with van der Waals surface area (Å²) in [5, 5.41) is 9.47. The van der Waals surface area contributed by atoms with Gasteiger partial charge in [-0.2, -0.15) is 0 Å². The molecule has 37 heavy (non-hydrogen) atoms. The summed E-state index contributed by atoms with van der Waals surface area (Å²) in [6.07, 6.45) is 0.209. The molecule has 2 N–H and O–H groups in total.